The fraction of sp³-hybridized carbons (Fsp3) is 0.391. The van der Waals surface area contributed by atoms with Gasteiger partial charge < -0.3 is 9.74 Å². The average molecular weight is 555 g/mol. The highest BCUT2D eigenvalue weighted by Crippen LogP contribution is 2.50. The molecule has 2 aliphatic heterocycles. The Bertz CT molecular complexity index is 1190. The number of nitrogens with zero attached hydrogens (tertiary/aromatic N) is 2. The third-order valence-electron chi connectivity index (χ3n) is 6.12. The molecule has 2 aromatic rings. The van der Waals surface area contributed by atoms with Crippen LogP contribution in [0.3, 0.4) is 0 Å². The SMILES string of the molecule is CSCC(=O)N1CC(F)(c2ccc(C3=NOC(c4cc(Cl)cc(C(F)(F)F)c4)(C(F)(F)F)C3)cc2)C1. The van der Waals surface area contributed by atoms with E-state index in [1.54, 1.807) is 6.26 Å². The van der Waals surface area contributed by atoms with Crippen LogP contribution in [-0.2, 0) is 27.1 Å². The number of carbonyl (C=O) groups is 1. The summed E-state index contributed by atoms with van der Waals surface area (Å²) in [6, 6.07) is 7.10. The Morgan fingerprint density at radius 3 is 2.28 bits per heavy atom. The van der Waals surface area contributed by atoms with E-state index in [1.807, 2.05) is 0 Å². The lowest BCUT2D eigenvalue weighted by molar-refractivity contribution is -0.276. The number of benzene rings is 2. The van der Waals surface area contributed by atoms with Crippen molar-refractivity contribution in [3.63, 3.8) is 0 Å². The predicted molar refractivity (Wildman–Crippen MR) is 121 cm³/mol. The minimum Gasteiger partial charge on any atom is -0.374 e. The van der Waals surface area contributed by atoms with E-state index < -0.39 is 46.2 Å². The van der Waals surface area contributed by atoms with Gasteiger partial charge in [-0.3, -0.25) is 4.79 Å². The van der Waals surface area contributed by atoms with Crippen LogP contribution < -0.4 is 0 Å². The molecule has 1 atom stereocenters. The van der Waals surface area contributed by atoms with Crippen LogP contribution in [0.25, 0.3) is 0 Å². The first-order chi connectivity index (χ1) is 16.7. The van der Waals surface area contributed by atoms with Gasteiger partial charge in [0.15, 0.2) is 5.67 Å². The van der Waals surface area contributed by atoms with Gasteiger partial charge in [0.05, 0.1) is 30.1 Å². The highest BCUT2D eigenvalue weighted by molar-refractivity contribution is 7.99. The fourth-order valence-electron chi connectivity index (χ4n) is 4.14. The first kappa shape index (κ1) is 26.6. The normalized spacial score (nSPS) is 21.6. The number of rotatable bonds is 5. The zero-order chi connectivity index (χ0) is 26.5. The summed E-state index contributed by atoms with van der Waals surface area (Å²) in [4.78, 5) is 18.0. The molecular formula is C23H18ClF7N2O2S. The highest BCUT2D eigenvalue weighted by atomic mass is 35.5. The summed E-state index contributed by atoms with van der Waals surface area (Å²) in [5.41, 5.74) is -6.91. The van der Waals surface area contributed by atoms with Gasteiger partial charge in [0.25, 0.3) is 5.60 Å². The van der Waals surface area contributed by atoms with Gasteiger partial charge in [0.2, 0.25) is 5.91 Å². The smallest absolute Gasteiger partial charge is 0.374 e. The van der Waals surface area contributed by atoms with Crippen LogP contribution in [0.4, 0.5) is 30.7 Å². The minimum absolute atomic E-state index is 0.136. The maximum atomic E-state index is 15.2. The highest BCUT2D eigenvalue weighted by Gasteiger charge is 2.62. The van der Waals surface area contributed by atoms with Crippen molar-refractivity contribution in [1.82, 2.24) is 4.90 Å². The minimum atomic E-state index is -5.13. The zero-order valence-electron chi connectivity index (χ0n) is 18.5. The third kappa shape index (κ3) is 4.77. The van der Waals surface area contributed by atoms with E-state index in [0.717, 1.165) is 6.07 Å². The number of amides is 1. The molecule has 2 heterocycles. The van der Waals surface area contributed by atoms with E-state index in [9.17, 15) is 31.1 Å². The number of oxime groups is 1. The van der Waals surface area contributed by atoms with Crippen molar-refractivity contribution in [2.24, 2.45) is 5.16 Å². The molecule has 13 heteroatoms. The lowest BCUT2D eigenvalue weighted by Crippen LogP contribution is -2.59. The topological polar surface area (TPSA) is 41.9 Å². The summed E-state index contributed by atoms with van der Waals surface area (Å²) in [5.74, 6) is 0.0374. The molecule has 194 valence electrons. The summed E-state index contributed by atoms with van der Waals surface area (Å²) in [5, 5.41) is 2.99. The lowest BCUT2D eigenvalue weighted by Gasteiger charge is -2.44. The van der Waals surface area contributed by atoms with Gasteiger partial charge in [-0.15, -0.1) is 0 Å². The quantitative estimate of drug-likeness (QED) is 0.407. The van der Waals surface area contributed by atoms with Crippen LogP contribution in [-0.4, -0.2) is 47.8 Å². The van der Waals surface area contributed by atoms with Crippen LogP contribution in [0.1, 0.15) is 28.7 Å². The van der Waals surface area contributed by atoms with Crippen molar-refractivity contribution in [1.29, 1.82) is 0 Å². The van der Waals surface area contributed by atoms with Crippen molar-refractivity contribution in [3.8, 4) is 0 Å². The number of hydrogen-bond donors (Lipinski definition) is 0. The molecule has 4 nitrogen and oxygen atoms in total. The first-order valence-electron chi connectivity index (χ1n) is 10.5. The molecule has 0 aliphatic carbocycles. The second-order valence-corrected chi connectivity index (χ2v) is 9.89. The first-order valence-corrected chi connectivity index (χ1v) is 12.2. The molecule has 0 radical (unpaired) electrons. The Kier molecular flexibility index (Phi) is 6.74. The van der Waals surface area contributed by atoms with E-state index >= 15 is 4.39 Å². The van der Waals surface area contributed by atoms with Gasteiger partial charge in [-0.1, -0.05) is 41.0 Å². The molecule has 1 unspecified atom stereocenters. The Balaban J connectivity index is 1.57. The van der Waals surface area contributed by atoms with Crippen molar-refractivity contribution in [3.05, 3.63) is 69.7 Å². The van der Waals surface area contributed by atoms with E-state index in [0.29, 0.717) is 12.1 Å². The molecule has 1 fully saturated rings. The lowest BCUT2D eigenvalue weighted by atomic mass is 9.84. The Hall–Kier alpha value is -2.47. The number of carbonyl (C=O) groups excluding carboxylic acids is 1. The van der Waals surface area contributed by atoms with Crippen LogP contribution in [0, 0.1) is 0 Å². The Morgan fingerprint density at radius 2 is 1.72 bits per heavy atom. The average Bonchev–Trinajstić information content (AvgIpc) is 3.23. The maximum absolute atomic E-state index is 15.2. The molecule has 1 saturated heterocycles. The molecule has 2 aromatic carbocycles. The summed E-state index contributed by atoms with van der Waals surface area (Å²) < 4.78 is 97.3. The Morgan fingerprint density at radius 1 is 1.08 bits per heavy atom. The second kappa shape index (κ2) is 9.13. The molecule has 0 bridgehead atoms. The summed E-state index contributed by atoms with van der Waals surface area (Å²) in [6.45, 7) is -0.271. The van der Waals surface area contributed by atoms with E-state index in [-0.39, 0.29) is 41.6 Å². The van der Waals surface area contributed by atoms with Gasteiger partial charge in [-0.25, -0.2) is 4.39 Å². The molecule has 4 rings (SSSR count). The molecule has 2 aliphatic rings. The van der Waals surface area contributed by atoms with Gasteiger partial charge in [-0.05, 0) is 35.6 Å². The van der Waals surface area contributed by atoms with E-state index in [4.69, 9.17) is 16.4 Å². The largest absolute Gasteiger partial charge is 0.435 e. The number of halogens is 8. The molecule has 0 spiro atoms. The molecule has 36 heavy (non-hydrogen) atoms. The molecule has 0 aromatic heterocycles. The number of alkyl halides is 7. The van der Waals surface area contributed by atoms with Gasteiger partial charge in [0, 0.05) is 17.0 Å². The fourth-order valence-corrected chi connectivity index (χ4v) is 4.80. The zero-order valence-corrected chi connectivity index (χ0v) is 20.1. The van der Waals surface area contributed by atoms with Crippen molar-refractivity contribution in [2.75, 3.05) is 25.1 Å². The number of hydrogen-bond acceptors (Lipinski definition) is 4. The Labute approximate surface area is 210 Å². The molecule has 0 N–H and O–H groups in total. The van der Waals surface area contributed by atoms with Crippen molar-refractivity contribution in [2.45, 2.75) is 30.0 Å². The van der Waals surface area contributed by atoms with E-state index in [1.165, 1.54) is 40.9 Å². The monoisotopic (exact) mass is 554 g/mol. The molecular weight excluding hydrogens is 537 g/mol. The summed E-state index contributed by atoms with van der Waals surface area (Å²) >= 11 is 7.03. The van der Waals surface area contributed by atoms with Crippen LogP contribution >= 0.6 is 23.4 Å². The van der Waals surface area contributed by atoms with Crippen molar-refractivity contribution < 1.29 is 40.4 Å². The van der Waals surface area contributed by atoms with Gasteiger partial charge in [-0.2, -0.15) is 38.1 Å². The van der Waals surface area contributed by atoms with Gasteiger partial charge >= 0.3 is 12.4 Å². The van der Waals surface area contributed by atoms with Crippen LogP contribution in [0.2, 0.25) is 5.02 Å². The van der Waals surface area contributed by atoms with Gasteiger partial charge in [0.1, 0.15) is 0 Å². The van der Waals surface area contributed by atoms with Crippen LogP contribution in [0.15, 0.2) is 47.6 Å². The van der Waals surface area contributed by atoms with E-state index in [2.05, 4.69) is 5.16 Å². The predicted octanol–water partition coefficient (Wildman–Crippen LogP) is 6.31. The molecule has 0 saturated carbocycles. The van der Waals surface area contributed by atoms with Crippen molar-refractivity contribution >= 4 is 35.0 Å². The number of likely N-dealkylation sites (tertiary alicyclic amines) is 1. The standard InChI is InChI=1S/C23H18ClF7N2O2S/c1-36-10-19(34)33-11-20(25,12-33)14-4-2-13(3-5-14)18-9-21(35-32-18,23(29,30)31)15-6-16(22(26,27)28)8-17(24)7-15/h2-8H,9-12H2,1H3. The summed E-state index contributed by atoms with van der Waals surface area (Å²) in [7, 11) is 0. The third-order valence-corrected chi connectivity index (χ3v) is 6.87. The maximum Gasteiger partial charge on any atom is 0.435 e. The second-order valence-electron chi connectivity index (χ2n) is 8.58. The summed E-state index contributed by atoms with van der Waals surface area (Å²) in [6.07, 6.45) is -9.22. The number of thioether (sulfide) groups is 1. The molecule has 1 amide bonds. The van der Waals surface area contributed by atoms with Crippen LogP contribution in [0.5, 0.6) is 0 Å².